The molecule has 1 unspecified atom stereocenters. The van der Waals surface area contributed by atoms with Crippen LogP contribution in [0.15, 0.2) is 29.2 Å². The van der Waals surface area contributed by atoms with Crippen molar-refractivity contribution in [1.29, 1.82) is 0 Å². The number of rotatable bonds is 0. The lowest BCUT2D eigenvalue weighted by molar-refractivity contribution is -0.0380. The minimum absolute atomic E-state index is 0.370. The highest BCUT2D eigenvalue weighted by Crippen LogP contribution is 2.43. The van der Waals surface area contributed by atoms with Crippen molar-refractivity contribution in [3.63, 3.8) is 0 Å². The summed E-state index contributed by atoms with van der Waals surface area (Å²) in [7, 11) is 0. The molecule has 82 valence electrons. The zero-order chi connectivity index (χ0) is 11.3. The van der Waals surface area contributed by atoms with Gasteiger partial charge in [0.25, 0.3) is 0 Å². The van der Waals surface area contributed by atoms with Crippen LogP contribution < -0.4 is 4.72 Å². The summed E-state index contributed by atoms with van der Waals surface area (Å²) < 4.78 is 40.8. The van der Waals surface area contributed by atoms with Gasteiger partial charge in [-0.3, -0.25) is 0 Å². The lowest BCUT2D eigenvalue weighted by Gasteiger charge is -2.14. The number of hydrogen-bond donors (Lipinski definition) is 1. The standard InChI is InChI=1S/C10H11F3NS/c1-9(2)7-5-3-4-6-8(7)15(14-9)10(11,12)13/h3-6,14H,1-2H3/q+1. The van der Waals surface area contributed by atoms with E-state index in [1.54, 1.807) is 38.1 Å². The molecule has 2 rings (SSSR count). The Morgan fingerprint density at radius 1 is 1.20 bits per heavy atom. The highest BCUT2D eigenvalue weighted by Gasteiger charge is 2.61. The van der Waals surface area contributed by atoms with Crippen LogP contribution in [0.4, 0.5) is 13.2 Å². The highest BCUT2D eigenvalue weighted by atomic mass is 32.2. The van der Waals surface area contributed by atoms with E-state index in [0.717, 1.165) is 5.56 Å². The Kier molecular flexibility index (Phi) is 2.28. The fourth-order valence-electron chi connectivity index (χ4n) is 1.71. The van der Waals surface area contributed by atoms with E-state index < -0.39 is 22.1 Å². The van der Waals surface area contributed by atoms with Crippen molar-refractivity contribution in [2.75, 3.05) is 0 Å². The van der Waals surface area contributed by atoms with E-state index in [1.165, 1.54) is 0 Å². The summed E-state index contributed by atoms with van der Waals surface area (Å²) in [6, 6.07) is 6.72. The Morgan fingerprint density at radius 2 is 1.80 bits per heavy atom. The third-order valence-corrected chi connectivity index (χ3v) is 4.34. The molecule has 1 heterocycles. The van der Waals surface area contributed by atoms with Gasteiger partial charge in [-0.15, -0.1) is 17.9 Å². The van der Waals surface area contributed by atoms with Crippen LogP contribution in [-0.4, -0.2) is 5.51 Å². The first kappa shape index (κ1) is 10.8. The molecule has 15 heavy (non-hydrogen) atoms. The maximum absolute atomic E-state index is 12.7. The van der Waals surface area contributed by atoms with Gasteiger partial charge in [0.05, 0.1) is 5.54 Å². The van der Waals surface area contributed by atoms with Gasteiger partial charge in [-0.05, 0) is 19.9 Å². The molecule has 0 amide bonds. The first-order valence-corrected chi connectivity index (χ1v) is 5.73. The van der Waals surface area contributed by atoms with Crippen molar-refractivity contribution in [2.45, 2.75) is 29.8 Å². The summed E-state index contributed by atoms with van der Waals surface area (Å²) in [4.78, 5) is 0.370. The molecule has 0 aromatic heterocycles. The van der Waals surface area contributed by atoms with Gasteiger partial charge < -0.3 is 0 Å². The first-order valence-electron chi connectivity index (χ1n) is 4.51. The van der Waals surface area contributed by atoms with Crippen LogP contribution in [0.25, 0.3) is 0 Å². The van der Waals surface area contributed by atoms with Crippen LogP contribution in [-0.2, 0) is 16.6 Å². The molecule has 0 bridgehead atoms. The number of hydrogen-bond acceptors (Lipinski definition) is 1. The zero-order valence-electron chi connectivity index (χ0n) is 8.35. The molecule has 0 saturated heterocycles. The number of halogens is 3. The van der Waals surface area contributed by atoms with Crippen molar-refractivity contribution in [3.05, 3.63) is 29.8 Å². The van der Waals surface area contributed by atoms with E-state index in [1.807, 2.05) is 0 Å². The maximum atomic E-state index is 12.7. The normalized spacial score (nSPS) is 23.9. The summed E-state index contributed by atoms with van der Waals surface area (Å²) >= 11 is -1.84. The second kappa shape index (κ2) is 3.15. The molecule has 0 fully saturated rings. The van der Waals surface area contributed by atoms with Gasteiger partial charge in [-0.1, -0.05) is 18.2 Å². The van der Waals surface area contributed by atoms with Crippen LogP contribution in [0.5, 0.6) is 0 Å². The van der Waals surface area contributed by atoms with E-state index in [-0.39, 0.29) is 0 Å². The quantitative estimate of drug-likeness (QED) is 0.680. The minimum atomic E-state index is -4.20. The Morgan fingerprint density at radius 3 is 2.40 bits per heavy atom. The SMILES string of the molecule is CC1(C)N[S+](C(F)(F)F)c2ccccc21. The van der Waals surface area contributed by atoms with E-state index in [4.69, 9.17) is 0 Å². The fourth-order valence-corrected chi connectivity index (χ4v) is 3.56. The molecule has 1 atom stereocenters. The highest BCUT2D eigenvalue weighted by molar-refractivity contribution is 7.96. The van der Waals surface area contributed by atoms with Crippen molar-refractivity contribution < 1.29 is 13.2 Å². The molecule has 1 nitrogen and oxygen atoms in total. The third kappa shape index (κ3) is 1.74. The molecular weight excluding hydrogens is 223 g/mol. The summed E-state index contributed by atoms with van der Waals surface area (Å²) in [6.07, 6.45) is 0. The molecule has 1 aliphatic rings. The first-order chi connectivity index (χ1) is 6.82. The van der Waals surface area contributed by atoms with Gasteiger partial charge in [0.2, 0.25) is 11.1 Å². The molecule has 1 aromatic carbocycles. The third-order valence-electron chi connectivity index (χ3n) is 2.37. The van der Waals surface area contributed by atoms with Gasteiger partial charge in [0.15, 0.2) is 4.90 Å². The Labute approximate surface area is 89.2 Å². The second-order valence-corrected chi connectivity index (χ2v) is 5.69. The van der Waals surface area contributed by atoms with Gasteiger partial charge in [-0.25, -0.2) is 0 Å². The largest absolute Gasteiger partial charge is 0.600 e. The van der Waals surface area contributed by atoms with Gasteiger partial charge in [0, 0.05) is 5.56 Å². The predicted molar refractivity (Wildman–Crippen MR) is 54.3 cm³/mol. The minimum Gasteiger partial charge on any atom is -0.121 e. The molecular formula is C10H11F3NS+. The van der Waals surface area contributed by atoms with Crippen LogP contribution in [0.1, 0.15) is 19.4 Å². The monoisotopic (exact) mass is 234 g/mol. The Hall–Kier alpha value is -0.680. The number of alkyl halides is 3. The Balaban J connectivity index is 2.52. The lowest BCUT2D eigenvalue weighted by atomic mass is 9.96. The molecule has 0 saturated carbocycles. The average Bonchev–Trinajstić information content (AvgIpc) is 2.39. The van der Waals surface area contributed by atoms with Crippen molar-refractivity contribution in [1.82, 2.24) is 4.72 Å². The van der Waals surface area contributed by atoms with Crippen LogP contribution in [0, 0.1) is 0 Å². The van der Waals surface area contributed by atoms with E-state index in [0.29, 0.717) is 4.90 Å². The summed E-state index contributed by atoms with van der Waals surface area (Å²) in [5.74, 6) is 0. The second-order valence-electron chi connectivity index (χ2n) is 3.98. The molecule has 5 heteroatoms. The molecule has 1 aliphatic heterocycles. The van der Waals surface area contributed by atoms with E-state index in [9.17, 15) is 13.2 Å². The summed E-state index contributed by atoms with van der Waals surface area (Å²) in [5, 5.41) is 0. The molecule has 0 radical (unpaired) electrons. The molecule has 0 aliphatic carbocycles. The maximum Gasteiger partial charge on any atom is 0.600 e. The number of benzene rings is 1. The molecule has 0 spiro atoms. The number of fused-ring (bicyclic) bond motifs is 1. The number of nitrogens with one attached hydrogen (secondary N) is 1. The van der Waals surface area contributed by atoms with E-state index in [2.05, 4.69) is 4.72 Å². The van der Waals surface area contributed by atoms with Crippen molar-refractivity contribution in [3.8, 4) is 0 Å². The molecule has 1 aromatic rings. The van der Waals surface area contributed by atoms with Crippen LogP contribution in [0.3, 0.4) is 0 Å². The average molecular weight is 234 g/mol. The van der Waals surface area contributed by atoms with Crippen molar-refractivity contribution >= 4 is 11.1 Å². The Bertz CT molecular complexity index is 386. The van der Waals surface area contributed by atoms with Crippen LogP contribution in [0.2, 0.25) is 0 Å². The smallest absolute Gasteiger partial charge is 0.121 e. The zero-order valence-corrected chi connectivity index (χ0v) is 9.17. The van der Waals surface area contributed by atoms with Crippen LogP contribution >= 0.6 is 0 Å². The van der Waals surface area contributed by atoms with Gasteiger partial charge >= 0.3 is 5.51 Å². The lowest BCUT2D eigenvalue weighted by Crippen LogP contribution is -2.40. The predicted octanol–water partition coefficient (Wildman–Crippen LogP) is 2.94. The van der Waals surface area contributed by atoms with E-state index >= 15 is 0 Å². The molecule has 1 N–H and O–H groups in total. The fraction of sp³-hybridized carbons (Fsp3) is 0.400. The topological polar surface area (TPSA) is 12.0 Å². The van der Waals surface area contributed by atoms with Gasteiger partial charge in [-0.2, -0.15) is 0 Å². The van der Waals surface area contributed by atoms with Crippen molar-refractivity contribution in [2.24, 2.45) is 0 Å². The van der Waals surface area contributed by atoms with Gasteiger partial charge in [0.1, 0.15) is 0 Å². The summed E-state index contributed by atoms with van der Waals surface area (Å²) in [5.41, 5.74) is -4.07. The summed E-state index contributed by atoms with van der Waals surface area (Å²) in [6.45, 7) is 3.54.